The number of hydrogen-bond donors (Lipinski definition) is 0. The number of nitrogens with zero attached hydrogens (tertiary/aromatic N) is 4. The van der Waals surface area contributed by atoms with E-state index in [4.69, 9.17) is 9.97 Å². The number of rotatable bonds is 7. The predicted molar refractivity (Wildman–Crippen MR) is 222 cm³/mol. The van der Waals surface area contributed by atoms with Crippen molar-refractivity contribution in [2.45, 2.75) is 0 Å². The molecule has 0 unspecified atom stereocenters. The zero-order valence-corrected chi connectivity index (χ0v) is 29.4. The highest BCUT2D eigenvalue weighted by atomic mass is 15.1. The Balaban J connectivity index is 1.11. The molecule has 0 spiro atoms. The topological polar surface area (TPSA) is 35.1 Å². The third-order valence-corrected chi connectivity index (χ3v) is 10.1. The van der Waals surface area contributed by atoms with Crippen LogP contribution in [0, 0.1) is 0 Å². The molecule has 0 amide bonds. The molecule has 0 atom stereocenters. The Labute approximate surface area is 313 Å². The maximum atomic E-state index is 5.15. The molecule has 0 fully saturated rings. The summed E-state index contributed by atoms with van der Waals surface area (Å²) in [6, 6.07) is 70.7. The van der Waals surface area contributed by atoms with Crippen molar-refractivity contribution in [3.63, 3.8) is 0 Å². The van der Waals surface area contributed by atoms with E-state index in [1.54, 1.807) is 0 Å². The molecule has 0 aliphatic heterocycles. The summed E-state index contributed by atoms with van der Waals surface area (Å²) in [7, 11) is 0. The fourth-order valence-electron chi connectivity index (χ4n) is 7.52. The van der Waals surface area contributed by atoms with Crippen LogP contribution in [-0.2, 0) is 0 Å². The van der Waals surface area contributed by atoms with Gasteiger partial charge in [-0.3, -0.25) is 8.97 Å². The van der Waals surface area contributed by atoms with E-state index in [1.807, 2.05) is 18.2 Å². The van der Waals surface area contributed by atoms with Crippen molar-refractivity contribution in [3.8, 4) is 73.0 Å². The van der Waals surface area contributed by atoms with E-state index in [0.717, 1.165) is 78.5 Å². The minimum Gasteiger partial charge on any atom is -0.299 e. The van der Waals surface area contributed by atoms with E-state index < -0.39 is 0 Å². The molecule has 0 saturated carbocycles. The van der Waals surface area contributed by atoms with Crippen LogP contribution >= 0.6 is 0 Å². The molecule has 0 aliphatic rings. The molecule has 0 saturated heterocycles. The van der Waals surface area contributed by atoms with Gasteiger partial charge in [-0.1, -0.05) is 146 Å². The molecule has 4 nitrogen and oxygen atoms in total. The molecule has 10 aromatic rings. The van der Waals surface area contributed by atoms with E-state index in [1.165, 1.54) is 11.1 Å². The molecule has 0 radical (unpaired) electrons. The average Bonchev–Trinajstić information content (AvgIpc) is 3.84. The highest BCUT2D eigenvalue weighted by Gasteiger charge is 2.18. The fraction of sp³-hybridized carbons (Fsp3) is 0. The Kier molecular flexibility index (Phi) is 7.77. The largest absolute Gasteiger partial charge is 0.299 e. The number of benzene rings is 7. The van der Waals surface area contributed by atoms with Crippen molar-refractivity contribution in [1.82, 2.24) is 18.9 Å². The SMILES string of the molecule is c1ccc(-c2cc(-c3ccc(-c4c(-c5ccccc5)nc5ccccn45)cc3)cc(-c3ccc4nc(-c5ccccc5)n(-c5ccccc5)c4c3)c2)cc1. The second kappa shape index (κ2) is 13.4. The number of pyridine rings is 1. The maximum absolute atomic E-state index is 5.15. The van der Waals surface area contributed by atoms with Gasteiger partial charge in [-0.25, -0.2) is 9.97 Å². The van der Waals surface area contributed by atoms with E-state index >= 15 is 0 Å². The lowest BCUT2D eigenvalue weighted by Crippen LogP contribution is -1.97. The van der Waals surface area contributed by atoms with Crippen LogP contribution in [-0.4, -0.2) is 18.9 Å². The molecule has 54 heavy (non-hydrogen) atoms. The highest BCUT2D eigenvalue weighted by Crippen LogP contribution is 2.38. The van der Waals surface area contributed by atoms with Gasteiger partial charge < -0.3 is 0 Å². The van der Waals surface area contributed by atoms with E-state index in [-0.39, 0.29) is 0 Å². The summed E-state index contributed by atoms with van der Waals surface area (Å²) in [4.78, 5) is 10.2. The third-order valence-electron chi connectivity index (χ3n) is 10.1. The van der Waals surface area contributed by atoms with Crippen molar-refractivity contribution in [2.24, 2.45) is 0 Å². The van der Waals surface area contributed by atoms with Crippen LogP contribution in [0.15, 0.2) is 206 Å². The highest BCUT2D eigenvalue weighted by molar-refractivity contribution is 5.90. The van der Waals surface area contributed by atoms with Crippen molar-refractivity contribution in [2.75, 3.05) is 0 Å². The van der Waals surface area contributed by atoms with Crippen LogP contribution in [0.5, 0.6) is 0 Å². The van der Waals surface area contributed by atoms with E-state index in [2.05, 4.69) is 197 Å². The van der Waals surface area contributed by atoms with Crippen molar-refractivity contribution < 1.29 is 0 Å². The number of aromatic nitrogens is 4. The predicted octanol–water partition coefficient (Wildman–Crippen LogP) is 12.7. The van der Waals surface area contributed by atoms with Gasteiger partial charge in [-0.15, -0.1) is 0 Å². The van der Waals surface area contributed by atoms with Gasteiger partial charge in [-0.05, 0) is 88.0 Å². The van der Waals surface area contributed by atoms with Gasteiger partial charge in [0.25, 0.3) is 0 Å². The number of imidazole rings is 2. The Morgan fingerprint density at radius 2 is 0.870 bits per heavy atom. The summed E-state index contributed by atoms with van der Waals surface area (Å²) in [5, 5.41) is 0. The van der Waals surface area contributed by atoms with Crippen LogP contribution < -0.4 is 0 Å². The molecule has 0 bridgehead atoms. The van der Waals surface area contributed by atoms with Crippen LogP contribution in [0.25, 0.3) is 89.7 Å². The quantitative estimate of drug-likeness (QED) is 0.167. The third kappa shape index (κ3) is 5.67. The van der Waals surface area contributed by atoms with Gasteiger partial charge in [0.1, 0.15) is 11.5 Å². The lowest BCUT2D eigenvalue weighted by molar-refractivity contribution is 1.10. The first-order valence-corrected chi connectivity index (χ1v) is 18.2. The Hall–Kier alpha value is -7.30. The maximum Gasteiger partial charge on any atom is 0.145 e. The molecule has 7 aromatic carbocycles. The second-order valence-corrected chi connectivity index (χ2v) is 13.5. The molecule has 4 heteroatoms. The van der Waals surface area contributed by atoms with Crippen LogP contribution in [0.4, 0.5) is 0 Å². The normalized spacial score (nSPS) is 11.3. The molecule has 3 heterocycles. The number of fused-ring (bicyclic) bond motifs is 2. The van der Waals surface area contributed by atoms with Gasteiger partial charge in [0, 0.05) is 28.6 Å². The first kappa shape index (κ1) is 31.4. The van der Waals surface area contributed by atoms with Crippen LogP contribution in [0.1, 0.15) is 0 Å². The summed E-state index contributed by atoms with van der Waals surface area (Å²) in [5.74, 6) is 0.925. The van der Waals surface area contributed by atoms with Gasteiger partial charge in [0.05, 0.1) is 22.4 Å². The number of para-hydroxylation sites is 1. The van der Waals surface area contributed by atoms with Crippen molar-refractivity contribution in [3.05, 3.63) is 206 Å². The molecule has 10 rings (SSSR count). The number of hydrogen-bond acceptors (Lipinski definition) is 2. The molecule has 3 aromatic heterocycles. The summed E-state index contributed by atoms with van der Waals surface area (Å²) in [6.45, 7) is 0. The Bertz CT molecular complexity index is 2890. The summed E-state index contributed by atoms with van der Waals surface area (Å²) >= 11 is 0. The van der Waals surface area contributed by atoms with Gasteiger partial charge >= 0.3 is 0 Å². The first-order chi connectivity index (χ1) is 26.8. The first-order valence-electron chi connectivity index (χ1n) is 18.2. The van der Waals surface area contributed by atoms with Crippen molar-refractivity contribution >= 4 is 16.7 Å². The monoisotopic (exact) mass is 690 g/mol. The minimum atomic E-state index is 0.925. The molecule has 254 valence electrons. The van der Waals surface area contributed by atoms with Crippen LogP contribution in [0.3, 0.4) is 0 Å². The van der Waals surface area contributed by atoms with Gasteiger partial charge in [-0.2, -0.15) is 0 Å². The molecular formula is C50H34N4. The smallest absolute Gasteiger partial charge is 0.145 e. The average molecular weight is 691 g/mol. The standard InChI is InChI=1S/C50H34N4/c1-5-15-35(16-6-1)41-31-42(36-24-26-38(27-25-36)49-48(37-17-7-2-8-18-37)52-47-23-13-14-30-53(47)49)33-43(32-41)40-28-29-45-46(34-40)54(44-21-11-4-12-22-44)50(51-45)39-19-9-3-10-20-39/h1-34H. The minimum absolute atomic E-state index is 0.925. The Morgan fingerprint density at radius 1 is 0.352 bits per heavy atom. The fourth-order valence-corrected chi connectivity index (χ4v) is 7.52. The van der Waals surface area contributed by atoms with Gasteiger partial charge in [0.2, 0.25) is 0 Å². The van der Waals surface area contributed by atoms with E-state index in [9.17, 15) is 0 Å². The lowest BCUT2D eigenvalue weighted by Gasteiger charge is -2.13. The molecule has 0 N–H and O–H groups in total. The zero-order chi connectivity index (χ0) is 35.8. The van der Waals surface area contributed by atoms with Gasteiger partial charge in [0.15, 0.2) is 0 Å². The summed E-state index contributed by atoms with van der Waals surface area (Å²) < 4.78 is 4.46. The molecule has 0 aliphatic carbocycles. The summed E-state index contributed by atoms with van der Waals surface area (Å²) in [6.07, 6.45) is 2.09. The van der Waals surface area contributed by atoms with Crippen LogP contribution in [0.2, 0.25) is 0 Å². The Morgan fingerprint density at radius 3 is 1.54 bits per heavy atom. The van der Waals surface area contributed by atoms with Crippen molar-refractivity contribution in [1.29, 1.82) is 0 Å². The second-order valence-electron chi connectivity index (χ2n) is 13.5. The zero-order valence-electron chi connectivity index (χ0n) is 29.4. The summed E-state index contributed by atoms with van der Waals surface area (Å²) in [5.41, 5.74) is 16.3. The van der Waals surface area contributed by atoms with E-state index in [0.29, 0.717) is 0 Å². The lowest BCUT2D eigenvalue weighted by atomic mass is 9.92. The molecular weight excluding hydrogens is 657 g/mol.